The first-order chi connectivity index (χ1) is 6.92. The zero-order valence-electron chi connectivity index (χ0n) is 7.93. The number of hydrogen-bond acceptors (Lipinski definition) is 3. The first-order valence-corrected chi connectivity index (χ1v) is 4.99. The Bertz CT molecular complexity index is 376. The standard InChI is InChI=1S/C11H13N3/c12-13-11-8-4-1-2-5-9(8)14-7-3-6-10(11)14/h1-4,6,9-10H,5,7,12H2. The van der Waals surface area contributed by atoms with E-state index in [1.165, 1.54) is 5.57 Å². The van der Waals surface area contributed by atoms with Crippen molar-refractivity contribution < 1.29 is 0 Å². The van der Waals surface area contributed by atoms with Gasteiger partial charge in [-0.3, -0.25) is 4.90 Å². The van der Waals surface area contributed by atoms with Crippen LogP contribution in [0.15, 0.2) is 41.1 Å². The summed E-state index contributed by atoms with van der Waals surface area (Å²) in [7, 11) is 0. The second-order valence-corrected chi connectivity index (χ2v) is 3.89. The Morgan fingerprint density at radius 2 is 2.36 bits per heavy atom. The van der Waals surface area contributed by atoms with E-state index in [0.717, 1.165) is 18.7 Å². The molecule has 0 radical (unpaired) electrons. The number of rotatable bonds is 0. The average Bonchev–Trinajstić information content (AvgIpc) is 2.77. The molecular weight excluding hydrogens is 174 g/mol. The summed E-state index contributed by atoms with van der Waals surface area (Å²) in [5, 5.41) is 3.94. The van der Waals surface area contributed by atoms with Crippen LogP contribution in [0, 0.1) is 0 Å². The van der Waals surface area contributed by atoms with Gasteiger partial charge in [0.2, 0.25) is 0 Å². The van der Waals surface area contributed by atoms with E-state index in [4.69, 9.17) is 5.84 Å². The molecule has 0 saturated carbocycles. The van der Waals surface area contributed by atoms with E-state index in [-0.39, 0.29) is 0 Å². The number of nitrogens with two attached hydrogens (primary N) is 1. The first kappa shape index (κ1) is 8.00. The first-order valence-electron chi connectivity index (χ1n) is 4.99. The van der Waals surface area contributed by atoms with Gasteiger partial charge >= 0.3 is 0 Å². The van der Waals surface area contributed by atoms with Crippen molar-refractivity contribution in [2.75, 3.05) is 6.54 Å². The summed E-state index contributed by atoms with van der Waals surface area (Å²) in [6, 6.07) is 0.832. The van der Waals surface area contributed by atoms with Gasteiger partial charge in [-0.05, 0) is 12.0 Å². The summed E-state index contributed by atoms with van der Waals surface area (Å²) >= 11 is 0. The minimum atomic E-state index is 0.330. The van der Waals surface area contributed by atoms with Crippen molar-refractivity contribution in [3.8, 4) is 0 Å². The maximum Gasteiger partial charge on any atom is 0.0859 e. The van der Waals surface area contributed by atoms with Gasteiger partial charge in [-0.15, -0.1) is 0 Å². The largest absolute Gasteiger partial charge is 0.323 e. The SMILES string of the molecule is NN=C1C2=CC=CCC2N2CC=CC12. The van der Waals surface area contributed by atoms with Crippen LogP contribution < -0.4 is 5.84 Å². The highest BCUT2D eigenvalue weighted by molar-refractivity contribution is 6.09. The third-order valence-corrected chi connectivity index (χ3v) is 3.24. The highest BCUT2D eigenvalue weighted by Gasteiger charge is 2.42. The molecule has 2 heterocycles. The van der Waals surface area contributed by atoms with Crippen LogP contribution in [-0.4, -0.2) is 29.2 Å². The normalized spacial score (nSPS) is 37.4. The van der Waals surface area contributed by atoms with Crippen molar-refractivity contribution in [1.29, 1.82) is 0 Å². The van der Waals surface area contributed by atoms with E-state index in [9.17, 15) is 0 Å². The molecule has 2 N–H and O–H groups in total. The number of allylic oxidation sites excluding steroid dienone is 2. The van der Waals surface area contributed by atoms with Gasteiger partial charge in [0.1, 0.15) is 0 Å². The molecule has 2 aliphatic heterocycles. The van der Waals surface area contributed by atoms with Gasteiger partial charge in [0.15, 0.2) is 0 Å². The van der Waals surface area contributed by atoms with Gasteiger partial charge in [-0.25, -0.2) is 0 Å². The zero-order valence-corrected chi connectivity index (χ0v) is 7.93. The maximum absolute atomic E-state index is 5.46. The number of hydrazone groups is 1. The Labute approximate surface area is 83.3 Å². The minimum Gasteiger partial charge on any atom is -0.323 e. The van der Waals surface area contributed by atoms with Crippen LogP contribution >= 0.6 is 0 Å². The highest BCUT2D eigenvalue weighted by atomic mass is 15.3. The fraction of sp³-hybridized carbons (Fsp3) is 0.364. The Balaban J connectivity index is 2.08. The van der Waals surface area contributed by atoms with Crippen LogP contribution in [0.4, 0.5) is 0 Å². The molecule has 3 aliphatic rings. The predicted molar refractivity (Wildman–Crippen MR) is 56.9 cm³/mol. The van der Waals surface area contributed by atoms with Gasteiger partial charge in [0.25, 0.3) is 0 Å². The van der Waals surface area contributed by atoms with Gasteiger partial charge in [-0.1, -0.05) is 30.4 Å². The molecule has 0 aromatic heterocycles. The van der Waals surface area contributed by atoms with E-state index in [1.807, 2.05) is 0 Å². The minimum absolute atomic E-state index is 0.330. The lowest BCUT2D eigenvalue weighted by Crippen LogP contribution is -2.33. The number of hydrogen-bond donors (Lipinski definition) is 1. The van der Waals surface area contributed by atoms with Crippen LogP contribution in [0.3, 0.4) is 0 Å². The molecule has 2 atom stereocenters. The summed E-state index contributed by atoms with van der Waals surface area (Å²) in [6.45, 7) is 1.03. The van der Waals surface area contributed by atoms with Crippen LogP contribution in [-0.2, 0) is 0 Å². The zero-order chi connectivity index (χ0) is 9.54. The number of nitrogens with zero attached hydrogens (tertiary/aromatic N) is 2. The quantitative estimate of drug-likeness (QED) is 0.346. The van der Waals surface area contributed by atoms with Crippen LogP contribution in [0.1, 0.15) is 6.42 Å². The second-order valence-electron chi connectivity index (χ2n) is 3.89. The smallest absolute Gasteiger partial charge is 0.0859 e. The lowest BCUT2D eigenvalue weighted by Gasteiger charge is -2.23. The monoisotopic (exact) mass is 187 g/mol. The fourth-order valence-electron chi connectivity index (χ4n) is 2.61. The molecular formula is C11H13N3. The van der Waals surface area contributed by atoms with E-state index in [2.05, 4.69) is 40.4 Å². The van der Waals surface area contributed by atoms with E-state index < -0.39 is 0 Å². The summed E-state index contributed by atoms with van der Waals surface area (Å²) in [5.41, 5.74) is 2.36. The lowest BCUT2D eigenvalue weighted by molar-refractivity contribution is 0.285. The lowest BCUT2D eigenvalue weighted by atomic mass is 9.97. The molecule has 3 rings (SSSR count). The van der Waals surface area contributed by atoms with Crippen molar-refractivity contribution in [3.05, 3.63) is 36.0 Å². The van der Waals surface area contributed by atoms with Crippen molar-refractivity contribution in [2.24, 2.45) is 10.9 Å². The molecule has 2 unspecified atom stereocenters. The summed E-state index contributed by atoms with van der Waals surface area (Å²) in [5.74, 6) is 5.46. The van der Waals surface area contributed by atoms with Crippen LogP contribution in [0.5, 0.6) is 0 Å². The molecule has 1 saturated heterocycles. The topological polar surface area (TPSA) is 41.6 Å². The van der Waals surface area contributed by atoms with Crippen molar-refractivity contribution in [1.82, 2.24) is 4.90 Å². The van der Waals surface area contributed by atoms with E-state index in [0.29, 0.717) is 12.1 Å². The van der Waals surface area contributed by atoms with Gasteiger partial charge in [0.05, 0.1) is 11.8 Å². The Morgan fingerprint density at radius 1 is 1.43 bits per heavy atom. The van der Waals surface area contributed by atoms with Crippen LogP contribution in [0.2, 0.25) is 0 Å². The molecule has 1 fully saturated rings. The summed E-state index contributed by atoms with van der Waals surface area (Å²) in [6.07, 6.45) is 11.9. The van der Waals surface area contributed by atoms with Gasteiger partial charge in [0, 0.05) is 12.6 Å². The number of fused-ring (bicyclic) bond motifs is 3. The van der Waals surface area contributed by atoms with E-state index >= 15 is 0 Å². The molecule has 0 aromatic carbocycles. The van der Waals surface area contributed by atoms with Crippen molar-refractivity contribution >= 4 is 5.71 Å². The molecule has 3 heteroatoms. The van der Waals surface area contributed by atoms with Gasteiger partial charge in [-0.2, -0.15) is 5.10 Å². The third kappa shape index (κ3) is 0.876. The third-order valence-electron chi connectivity index (χ3n) is 3.24. The second kappa shape index (κ2) is 2.82. The van der Waals surface area contributed by atoms with Crippen molar-refractivity contribution in [3.63, 3.8) is 0 Å². The molecule has 0 spiro atoms. The Hall–Kier alpha value is -1.35. The van der Waals surface area contributed by atoms with E-state index in [1.54, 1.807) is 0 Å². The molecule has 3 nitrogen and oxygen atoms in total. The summed E-state index contributed by atoms with van der Waals surface area (Å²) in [4.78, 5) is 2.45. The fourth-order valence-corrected chi connectivity index (χ4v) is 2.61. The molecule has 0 aromatic rings. The predicted octanol–water partition coefficient (Wildman–Crippen LogP) is 0.810. The van der Waals surface area contributed by atoms with Gasteiger partial charge < -0.3 is 5.84 Å². The highest BCUT2D eigenvalue weighted by Crippen LogP contribution is 2.34. The molecule has 0 amide bonds. The molecule has 1 aliphatic carbocycles. The Kier molecular flexibility index (Phi) is 1.61. The summed E-state index contributed by atoms with van der Waals surface area (Å²) < 4.78 is 0. The molecule has 14 heavy (non-hydrogen) atoms. The molecule has 72 valence electrons. The van der Waals surface area contributed by atoms with Crippen molar-refractivity contribution in [2.45, 2.75) is 18.5 Å². The Morgan fingerprint density at radius 3 is 3.21 bits per heavy atom. The maximum atomic E-state index is 5.46. The molecule has 0 bridgehead atoms. The average molecular weight is 187 g/mol. The van der Waals surface area contributed by atoms with Crippen LogP contribution in [0.25, 0.3) is 0 Å².